The summed E-state index contributed by atoms with van der Waals surface area (Å²) in [5.41, 5.74) is 0.109. The fourth-order valence-electron chi connectivity index (χ4n) is 1.25. The first-order valence-electron chi connectivity index (χ1n) is 5.62. The number of amides is 2. The Morgan fingerprint density at radius 2 is 2.06 bits per heavy atom. The Morgan fingerprint density at radius 1 is 1.33 bits per heavy atom. The number of phenols is 1. The van der Waals surface area contributed by atoms with Crippen molar-refractivity contribution < 1.29 is 14.7 Å². The Labute approximate surface area is 110 Å². The second kappa shape index (κ2) is 6.86. The van der Waals surface area contributed by atoms with E-state index in [-0.39, 0.29) is 11.4 Å². The average molecular weight is 271 g/mol. The second-order valence-electron chi connectivity index (χ2n) is 3.73. The summed E-state index contributed by atoms with van der Waals surface area (Å²) in [5.74, 6) is -1.71. The number of hydrogen-bond donors (Lipinski definition) is 3. The van der Waals surface area contributed by atoms with E-state index in [1.54, 1.807) is 0 Å². The lowest BCUT2D eigenvalue weighted by atomic mass is 10.3. The van der Waals surface area contributed by atoms with Crippen molar-refractivity contribution in [2.75, 3.05) is 11.9 Å². The van der Waals surface area contributed by atoms with E-state index in [9.17, 15) is 14.7 Å². The molecule has 0 aliphatic rings. The number of carbonyl (C=O) groups is 2. The number of unbranched alkanes of at least 4 members (excludes halogenated alkanes) is 1. The minimum absolute atomic E-state index is 0.109. The van der Waals surface area contributed by atoms with E-state index >= 15 is 0 Å². The van der Waals surface area contributed by atoms with Crippen LogP contribution in [0.1, 0.15) is 19.8 Å². The highest BCUT2D eigenvalue weighted by molar-refractivity contribution is 6.40. The monoisotopic (exact) mass is 270 g/mol. The lowest BCUT2D eigenvalue weighted by Gasteiger charge is -2.07. The molecule has 0 aliphatic carbocycles. The lowest BCUT2D eigenvalue weighted by molar-refractivity contribution is -0.136. The van der Waals surface area contributed by atoms with Gasteiger partial charge in [-0.3, -0.25) is 9.59 Å². The van der Waals surface area contributed by atoms with E-state index in [0.717, 1.165) is 12.8 Å². The SMILES string of the molecule is CCCCNC(=O)C(=O)Nc1cc(Cl)ccc1O. The van der Waals surface area contributed by atoms with Gasteiger partial charge >= 0.3 is 11.8 Å². The standard InChI is InChI=1S/C12H15ClN2O3/c1-2-3-6-14-11(17)12(18)15-9-7-8(13)4-5-10(9)16/h4-5,7,16H,2-3,6H2,1H3,(H,14,17)(H,15,18). The van der Waals surface area contributed by atoms with Gasteiger partial charge in [0.15, 0.2) is 0 Å². The summed E-state index contributed by atoms with van der Waals surface area (Å²) < 4.78 is 0. The maximum Gasteiger partial charge on any atom is 0.313 e. The minimum Gasteiger partial charge on any atom is -0.506 e. The van der Waals surface area contributed by atoms with E-state index in [0.29, 0.717) is 11.6 Å². The van der Waals surface area contributed by atoms with Crippen LogP contribution in [0, 0.1) is 0 Å². The highest BCUT2D eigenvalue weighted by Crippen LogP contribution is 2.26. The zero-order valence-electron chi connectivity index (χ0n) is 10.00. The van der Waals surface area contributed by atoms with Gasteiger partial charge in [0.1, 0.15) is 5.75 Å². The average Bonchev–Trinajstić information content (AvgIpc) is 2.34. The predicted octanol–water partition coefficient (Wildman–Crippen LogP) is 1.90. The molecule has 0 radical (unpaired) electrons. The number of nitrogens with one attached hydrogen (secondary N) is 2. The van der Waals surface area contributed by atoms with Gasteiger partial charge in [0, 0.05) is 11.6 Å². The molecule has 0 aliphatic heterocycles. The van der Waals surface area contributed by atoms with Crippen LogP contribution in [-0.2, 0) is 9.59 Å². The molecule has 5 nitrogen and oxygen atoms in total. The molecule has 0 spiro atoms. The predicted molar refractivity (Wildman–Crippen MR) is 69.7 cm³/mol. The molecule has 6 heteroatoms. The summed E-state index contributed by atoms with van der Waals surface area (Å²) in [6.45, 7) is 2.43. The molecule has 0 fully saturated rings. The summed E-state index contributed by atoms with van der Waals surface area (Å²) in [5, 5.41) is 14.6. The summed E-state index contributed by atoms with van der Waals surface area (Å²) in [7, 11) is 0. The van der Waals surface area contributed by atoms with Crippen LogP contribution in [0.4, 0.5) is 5.69 Å². The summed E-state index contributed by atoms with van der Waals surface area (Å²) in [6, 6.07) is 4.19. The zero-order valence-corrected chi connectivity index (χ0v) is 10.8. The normalized spacial score (nSPS) is 9.89. The van der Waals surface area contributed by atoms with E-state index < -0.39 is 11.8 Å². The molecule has 3 N–H and O–H groups in total. The van der Waals surface area contributed by atoms with Gasteiger partial charge < -0.3 is 15.7 Å². The van der Waals surface area contributed by atoms with Gasteiger partial charge in [-0.15, -0.1) is 0 Å². The van der Waals surface area contributed by atoms with Crippen LogP contribution >= 0.6 is 11.6 Å². The first kappa shape index (κ1) is 14.3. The molecule has 0 heterocycles. The Morgan fingerprint density at radius 3 is 2.72 bits per heavy atom. The van der Waals surface area contributed by atoms with E-state index in [2.05, 4.69) is 10.6 Å². The molecular weight excluding hydrogens is 256 g/mol. The molecule has 0 saturated carbocycles. The van der Waals surface area contributed by atoms with Crippen molar-refractivity contribution in [3.05, 3.63) is 23.2 Å². The highest BCUT2D eigenvalue weighted by Gasteiger charge is 2.14. The number of phenolic OH excluding ortho intramolecular Hbond substituents is 1. The first-order chi connectivity index (χ1) is 8.54. The maximum atomic E-state index is 11.5. The third-order valence-electron chi connectivity index (χ3n) is 2.23. The number of anilines is 1. The van der Waals surface area contributed by atoms with E-state index in [1.165, 1.54) is 18.2 Å². The van der Waals surface area contributed by atoms with Gasteiger partial charge in [0.2, 0.25) is 0 Å². The van der Waals surface area contributed by atoms with Crippen molar-refractivity contribution in [3.8, 4) is 5.75 Å². The molecule has 0 saturated heterocycles. The summed E-state index contributed by atoms with van der Waals surface area (Å²) >= 11 is 5.72. The van der Waals surface area contributed by atoms with Crippen LogP contribution in [-0.4, -0.2) is 23.5 Å². The molecule has 0 unspecified atom stereocenters. The molecule has 0 atom stereocenters. The zero-order chi connectivity index (χ0) is 13.5. The Bertz CT molecular complexity index is 449. The molecular formula is C12H15ClN2O3. The summed E-state index contributed by atoms with van der Waals surface area (Å²) in [4.78, 5) is 22.9. The fourth-order valence-corrected chi connectivity index (χ4v) is 1.42. The number of aromatic hydroxyl groups is 1. The van der Waals surface area contributed by atoms with E-state index in [4.69, 9.17) is 11.6 Å². The molecule has 0 bridgehead atoms. The van der Waals surface area contributed by atoms with Crippen LogP contribution in [0.5, 0.6) is 5.75 Å². The molecule has 1 aromatic carbocycles. The fraction of sp³-hybridized carbons (Fsp3) is 0.333. The first-order valence-corrected chi connectivity index (χ1v) is 6.00. The number of benzene rings is 1. The molecule has 0 aromatic heterocycles. The Hall–Kier alpha value is -1.75. The number of carbonyl (C=O) groups excluding carboxylic acids is 2. The second-order valence-corrected chi connectivity index (χ2v) is 4.16. The summed E-state index contributed by atoms with van der Waals surface area (Å²) in [6.07, 6.45) is 1.73. The van der Waals surface area contributed by atoms with Crippen molar-refractivity contribution in [1.82, 2.24) is 5.32 Å². The van der Waals surface area contributed by atoms with Gasteiger partial charge in [-0.25, -0.2) is 0 Å². The molecule has 1 rings (SSSR count). The van der Waals surface area contributed by atoms with Crippen molar-refractivity contribution >= 4 is 29.1 Å². The van der Waals surface area contributed by atoms with Crippen molar-refractivity contribution in [3.63, 3.8) is 0 Å². The molecule has 98 valence electrons. The topological polar surface area (TPSA) is 78.4 Å². The van der Waals surface area contributed by atoms with Crippen molar-refractivity contribution in [1.29, 1.82) is 0 Å². The van der Waals surface area contributed by atoms with Crippen LogP contribution in [0.2, 0.25) is 5.02 Å². The van der Waals surface area contributed by atoms with Gasteiger partial charge in [-0.05, 0) is 24.6 Å². The molecule has 1 aromatic rings. The Balaban J connectivity index is 2.58. The maximum absolute atomic E-state index is 11.5. The Kier molecular flexibility index (Phi) is 5.45. The lowest BCUT2D eigenvalue weighted by Crippen LogP contribution is -2.35. The van der Waals surface area contributed by atoms with Gasteiger partial charge in [0.25, 0.3) is 0 Å². The van der Waals surface area contributed by atoms with Gasteiger partial charge in [-0.2, -0.15) is 0 Å². The van der Waals surface area contributed by atoms with Crippen LogP contribution in [0.3, 0.4) is 0 Å². The number of halogens is 1. The van der Waals surface area contributed by atoms with Crippen LogP contribution in [0.25, 0.3) is 0 Å². The number of hydrogen-bond acceptors (Lipinski definition) is 3. The van der Waals surface area contributed by atoms with Gasteiger partial charge in [-0.1, -0.05) is 24.9 Å². The van der Waals surface area contributed by atoms with Crippen LogP contribution < -0.4 is 10.6 Å². The van der Waals surface area contributed by atoms with Gasteiger partial charge in [0.05, 0.1) is 5.69 Å². The molecule has 18 heavy (non-hydrogen) atoms. The van der Waals surface area contributed by atoms with E-state index in [1.807, 2.05) is 6.92 Å². The number of rotatable bonds is 4. The largest absolute Gasteiger partial charge is 0.506 e. The molecule has 2 amide bonds. The van der Waals surface area contributed by atoms with Crippen molar-refractivity contribution in [2.45, 2.75) is 19.8 Å². The van der Waals surface area contributed by atoms with Crippen molar-refractivity contribution in [2.24, 2.45) is 0 Å². The smallest absolute Gasteiger partial charge is 0.313 e. The third kappa shape index (κ3) is 4.25. The minimum atomic E-state index is -0.830. The van der Waals surface area contributed by atoms with Crippen LogP contribution in [0.15, 0.2) is 18.2 Å². The third-order valence-corrected chi connectivity index (χ3v) is 2.46. The quantitative estimate of drug-likeness (QED) is 0.444. The highest BCUT2D eigenvalue weighted by atomic mass is 35.5.